The summed E-state index contributed by atoms with van der Waals surface area (Å²) < 4.78 is 0. The van der Waals surface area contributed by atoms with Crippen molar-refractivity contribution in [2.45, 2.75) is 65.2 Å². The minimum atomic E-state index is 0.360. The van der Waals surface area contributed by atoms with E-state index in [0.29, 0.717) is 5.78 Å². The summed E-state index contributed by atoms with van der Waals surface area (Å²) in [6.07, 6.45) is 13.6. The summed E-state index contributed by atoms with van der Waals surface area (Å²) in [5.41, 5.74) is 2.20. The highest BCUT2D eigenvalue weighted by molar-refractivity contribution is 6.08. The zero-order chi connectivity index (χ0) is 13.0. The highest BCUT2D eigenvalue weighted by atomic mass is 16.1. The first-order valence-corrected chi connectivity index (χ1v) is 7.67. The molecule has 2 rings (SSSR count). The topological polar surface area (TPSA) is 17.1 Å². The summed E-state index contributed by atoms with van der Waals surface area (Å²) in [4.78, 5) is 12.4. The third kappa shape index (κ3) is 3.13. The molecule has 2 aliphatic rings. The predicted octanol–water partition coefficient (Wildman–Crippen LogP) is 4.83. The van der Waals surface area contributed by atoms with E-state index in [1.807, 2.05) is 0 Å². The molecule has 0 aromatic carbocycles. The molecule has 0 amide bonds. The van der Waals surface area contributed by atoms with E-state index in [-0.39, 0.29) is 0 Å². The van der Waals surface area contributed by atoms with Crippen molar-refractivity contribution < 1.29 is 4.79 Å². The minimum absolute atomic E-state index is 0.360. The lowest BCUT2D eigenvalue weighted by molar-refractivity contribution is -0.112. The Bertz CT molecular complexity index is 328. The van der Waals surface area contributed by atoms with Gasteiger partial charge in [-0.15, -0.1) is 0 Å². The van der Waals surface area contributed by atoms with Crippen LogP contribution in [0.15, 0.2) is 23.3 Å². The van der Waals surface area contributed by atoms with Crippen LogP contribution in [0.5, 0.6) is 0 Å². The van der Waals surface area contributed by atoms with Crippen LogP contribution < -0.4 is 0 Å². The third-order valence-corrected chi connectivity index (χ3v) is 4.78. The van der Waals surface area contributed by atoms with Gasteiger partial charge in [-0.3, -0.25) is 4.79 Å². The standard InChI is InChI=1S/C17H26O/c1-3-13-5-9-15(10-6-13)17(18)16-11-7-14(4-2)8-12-16/h9,11,13-14H,3-8,10,12H2,1-2H3. The zero-order valence-corrected chi connectivity index (χ0v) is 11.9. The summed E-state index contributed by atoms with van der Waals surface area (Å²) in [7, 11) is 0. The maximum absolute atomic E-state index is 12.4. The summed E-state index contributed by atoms with van der Waals surface area (Å²) in [6, 6.07) is 0. The molecular weight excluding hydrogens is 220 g/mol. The van der Waals surface area contributed by atoms with Crippen LogP contribution in [0.4, 0.5) is 0 Å². The van der Waals surface area contributed by atoms with Gasteiger partial charge in [-0.25, -0.2) is 0 Å². The summed E-state index contributed by atoms with van der Waals surface area (Å²) in [5, 5.41) is 0. The van der Waals surface area contributed by atoms with Crippen LogP contribution in [-0.4, -0.2) is 5.78 Å². The van der Waals surface area contributed by atoms with Crippen LogP contribution in [0.25, 0.3) is 0 Å². The second-order valence-electron chi connectivity index (χ2n) is 5.89. The summed E-state index contributed by atoms with van der Waals surface area (Å²) in [5.74, 6) is 1.98. The van der Waals surface area contributed by atoms with Crippen LogP contribution in [0.2, 0.25) is 0 Å². The van der Waals surface area contributed by atoms with Crippen LogP contribution in [0.3, 0.4) is 0 Å². The van der Waals surface area contributed by atoms with E-state index < -0.39 is 0 Å². The van der Waals surface area contributed by atoms with Gasteiger partial charge in [0.15, 0.2) is 5.78 Å². The van der Waals surface area contributed by atoms with Crippen molar-refractivity contribution in [3.8, 4) is 0 Å². The average molecular weight is 246 g/mol. The van der Waals surface area contributed by atoms with Crippen molar-refractivity contribution in [2.24, 2.45) is 11.8 Å². The fourth-order valence-corrected chi connectivity index (χ4v) is 3.14. The summed E-state index contributed by atoms with van der Waals surface area (Å²) in [6.45, 7) is 4.50. The average Bonchev–Trinajstić information content (AvgIpc) is 2.47. The molecule has 0 aliphatic heterocycles. The van der Waals surface area contributed by atoms with Crippen LogP contribution >= 0.6 is 0 Å². The molecule has 0 bridgehead atoms. The van der Waals surface area contributed by atoms with Gasteiger partial charge < -0.3 is 0 Å². The molecule has 0 N–H and O–H groups in total. The Morgan fingerprint density at radius 3 is 1.72 bits per heavy atom. The van der Waals surface area contributed by atoms with Crippen molar-refractivity contribution >= 4 is 5.78 Å². The Morgan fingerprint density at radius 1 is 1.00 bits per heavy atom. The van der Waals surface area contributed by atoms with Gasteiger partial charge in [0.05, 0.1) is 0 Å². The van der Waals surface area contributed by atoms with Gasteiger partial charge in [0, 0.05) is 0 Å². The van der Waals surface area contributed by atoms with E-state index in [0.717, 1.165) is 48.7 Å². The molecule has 0 aromatic rings. The van der Waals surface area contributed by atoms with Gasteiger partial charge in [0.1, 0.15) is 0 Å². The lowest BCUT2D eigenvalue weighted by atomic mass is 9.81. The molecule has 100 valence electrons. The van der Waals surface area contributed by atoms with Gasteiger partial charge in [-0.2, -0.15) is 0 Å². The zero-order valence-electron chi connectivity index (χ0n) is 11.9. The lowest BCUT2D eigenvalue weighted by Gasteiger charge is -2.23. The Morgan fingerprint density at radius 2 is 1.44 bits per heavy atom. The van der Waals surface area contributed by atoms with Gasteiger partial charge in [0.25, 0.3) is 0 Å². The highest BCUT2D eigenvalue weighted by Crippen LogP contribution is 2.31. The molecule has 0 radical (unpaired) electrons. The summed E-state index contributed by atoms with van der Waals surface area (Å²) >= 11 is 0. The van der Waals surface area contributed by atoms with E-state index >= 15 is 0 Å². The van der Waals surface area contributed by atoms with Gasteiger partial charge >= 0.3 is 0 Å². The number of Topliss-reactive ketones (excluding diaryl/α,β-unsaturated/α-hetero) is 1. The number of rotatable bonds is 4. The quantitative estimate of drug-likeness (QED) is 0.694. The Labute approximate surface area is 111 Å². The van der Waals surface area contributed by atoms with E-state index in [2.05, 4.69) is 26.0 Å². The fraction of sp³-hybridized carbons (Fsp3) is 0.706. The molecule has 2 unspecified atom stereocenters. The largest absolute Gasteiger partial charge is 0.289 e. The molecule has 0 saturated carbocycles. The number of allylic oxidation sites excluding steroid dienone is 4. The van der Waals surface area contributed by atoms with E-state index in [9.17, 15) is 4.79 Å². The van der Waals surface area contributed by atoms with Gasteiger partial charge in [-0.1, -0.05) is 38.8 Å². The van der Waals surface area contributed by atoms with Crippen LogP contribution in [0.1, 0.15) is 65.2 Å². The highest BCUT2D eigenvalue weighted by Gasteiger charge is 2.22. The Hall–Kier alpha value is -0.850. The van der Waals surface area contributed by atoms with E-state index in [4.69, 9.17) is 0 Å². The molecule has 0 saturated heterocycles. The molecule has 0 heterocycles. The van der Waals surface area contributed by atoms with Crippen molar-refractivity contribution in [3.63, 3.8) is 0 Å². The van der Waals surface area contributed by atoms with Crippen LogP contribution in [-0.2, 0) is 4.79 Å². The molecule has 0 spiro atoms. The first-order valence-electron chi connectivity index (χ1n) is 7.67. The third-order valence-electron chi connectivity index (χ3n) is 4.78. The maximum Gasteiger partial charge on any atom is 0.184 e. The Balaban J connectivity index is 1.96. The van der Waals surface area contributed by atoms with E-state index in [1.54, 1.807) is 0 Å². The fourth-order valence-electron chi connectivity index (χ4n) is 3.14. The van der Waals surface area contributed by atoms with Crippen molar-refractivity contribution in [1.82, 2.24) is 0 Å². The first kappa shape index (κ1) is 13.6. The number of carbonyl (C=O) groups is 1. The molecular formula is C17H26O. The number of carbonyl (C=O) groups excluding carboxylic acids is 1. The monoisotopic (exact) mass is 246 g/mol. The lowest BCUT2D eigenvalue weighted by Crippen LogP contribution is -2.16. The maximum atomic E-state index is 12.4. The smallest absolute Gasteiger partial charge is 0.184 e. The second-order valence-corrected chi connectivity index (χ2v) is 5.89. The number of ketones is 1. The normalized spacial score (nSPS) is 28.6. The van der Waals surface area contributed by atoms with E-state index in [1.165, 1.54) is 25.7 Å². The van der Waals surface area contributed by atoms with Crippen molar-refractivity contribution in [1.29, 1.82) is 0 Å². The van der Waals surface area contributed by atoms with Gasteiger partial charge in [-0.05, 0) is 61.5 Å². The Kier molecular flexibility index (Phi) is 4.79. The predicted molar refractivity (Wildman–Crippen MR) is 76.4 cm³/mol. The molecule has 0 fully saturated rings. The molecule has 1 nitrogen and oxygen atoms in total. The van der Waals surface area contributed by atoms with Gasteiger partial charge in [0.2, 0.25) is 0 Å². The van der Waals surface area contributed by atoms with Crippen molar-refractivity contribution in [2.75, 3.05) is 0 Å². The molecule has 0 aromatic heterocycles. The minimum Gasteiger partial charge on any atom is -0.289 e. The number of hydrogen-bond acceptors (Lipinski definition) is 1. The molecule has 2 atom stereocenters. The van der Waals surface area contributed by atoms with Crippen molar-refractivity contribution in [3.05, 3.63) is 23.3 Å². The molecule has 2 aliphatic carbocycles. The molecule has 18 heavy (non-hydrogen) atoms. The SMILES string of the molecule is CCC1CC=C(C(=O)C2=CCC(CC)CC2)CC1. The number of hydrogen-bond donors (Lipinski definition) is 0. The first-order chi connectivity index (χ1) is 8.74. The second kappa shape index (κ2) is 6.36. The molecule has 1 heteroatoms. The van der Waals surface area contributed by atoms with Crippen LogP contribution in [0, 0.1) is 11.8 Å².